The molecule has 3 rings (SSSR count). The number of benzene rings is 2. The van der Waals surface area contributed by atoms with Crippen LogP contribution in [0.5, 0.6) is 0 Å². The van der Waals surface area contributed by atoms with E-state index in [4.69, 9.17) is 4.74 Å². The third-order valence-electron chi connectivity index (χ3n) is 5.85. The van der Waals surface area contributed by atoms with Gasteiger partial charge in [0.1, 0.15) is 6.61 Å². The Morgan fingerprint density at radius 1 is 0.969 bits per heavy atom. The number of ether oxygens (including phenoxy) is 1. The molecule has 0 fully saturated rings. The summed E-state index contributed by atoms with van der Waals surface area (Å²) in [4.78, 5) is 35.7. The van der Waals surface area contributed by atoms with Crippen LogP contribution >= 0.6 is 0 Å². The van der Waals surface area contributed by atoms with Gasteiger partial charge in [-0.25, -0.2) is 4.79 Å². The minimum Gasteiger partial charge on any atom is -0.481 e. The third-order valence-corrected chi connectivity index (χ3v) is 5.85. The lowest BCUT2D eigenvalue weighted by Crippen LogP contribution is -2.40. The highest BCUT2D eigenvalue weighted by Gasteiger charge is 2.29. The summed E-state index contributed by atoms with van der Waals surface area (Å²) >= 11 is 0. The van der Waals surface area contributed by atoms with Crippen LogP contribution in [0.4, 0.5) is 4.79 Å². The molecule has 2 aromatic carbocycles. The molecule has 3 N–H and O–H groups in total. The number of amides is 2. The van der Waals surface area contributed by atoms with E-state index in [0.717, 1.165) is 28.7 Å². The SMILES string of the molecule is CCCC(CNC(=O)C(C)CNC(=O)OCC1c2ccccc2-c2ccccc21)C(=O)O. The number of carbonyl (C=O) groups is 3. The molecule has 0 radical (unpaired) electrons. The second kappa shape index (κ2) is 10.8. The van der Waals surface area contributed by atoms with E-state index in [1.54, 1.807) is 6.92 Å². The van der Waals surface area contributed by atoms with Crippen molar-refractivity contribution < 1.29 is 24.2 Å². The standard InChI is InChI=1S/C25H30N2O5/c1-3-8-17(24(29)30)14-26-23(28)16(2)13-27-25(31)32-15-22-20-11-6-4-9-18(20)19-10-5-7-12-21(19)22/h4-7,9-12,16-17,22H,3,8,13-15H2,1-2H3,(H,26,28)(H,27,31)(H,29,30). The topological polar surface area (TPSA) is 105 Å². The van der Waals surface area contributed by atoms with Crippen LogP contribution in [-0.4, -0.2) is 42.8 Å². The predicted molar refractivity (Wildman–Crippen MR) is 121 cm³/mol. The van der Waals surface area contributed by atoms with Crippen LogP contribution in [0, 0.1) is 11.8 Å². The van der Waals surface area contributed by atoms with Crippen molar-refractivity contribution in [1.82, 2.24) is 10.6 Å². The monoisotopic (exact) mass is 438 g/mol. The maximum absolute atomic E-state index is 12.2. The first-order valence-corrected chi connectivity index (χ1v) is 11.0. The van der Waals surface area contributed by atoms with Gasteiger partial charge in [-0.1, -0.05) is 68.8 Å². The van der Waals surface area contributed by atoms with Crippen LogP contribution < -0.4 is 10.6 Å². The number of carboxylic acids is 1. The first-order chi connectivity index (χ1) is 15.4. The highest BCUT2D eigenvalue weighted by Crippen LogP contribution is 2.44. The van der Waals surface area contributed by atoms with E-state index in [0.29, 0.717) is 6.42 Å². The van der Waals surface area contributed by atoms with Gasteiger partial charge in [0.15, 0.2) is 0 Å². The molecule has 2 atom stereocenters. The number of nitrogens with one attached hydrogen (secondary N) is 2. The molecule has 0 aromatic heterocycles. The minimum atomic E-state index is -0.920. The second-order valence-corrected chi connectivity index (χ2v) is 8.18. The van der Waals surface area contributed by atoms with Crippen molar-refractivity contribution in [2.45, 2.75) is 32.6 Å². The number of carboxylic acid groups (broad SMARTS) is 1. The number of hydrogen-bond acceptors (Lipinski definition) is 4. The van der Waals surface area contributed by atoms with Gasteiger partial charge in [-0.15, -0.1) is 0 Å². The lowest BCUT2D eigenvalue weighted by atomic mass is 9.98. The minimum absolute atomic E-state index is 0.0274. The zero-order valence-electron chi connectivity index (χ0n) is 18.5. The van der Waals surface area contributed by atoms with Gasteiger partial charge in [0.2, 0.25) is 5.91 Å². The molecular formula is C25H30N2O5. The number of rotatable bonds is 10. The maximum Gasteiger partial charge on any atom is 0.407 e. The molecule has 0 aliphatic heterocycles. The maximum atomic E-state index is 12.2. The molecule has 1 aliphatic rings. The largest absolute Gasteiger partial charge is 0.481 e. The Kier molecular flexibility index (Phi) is 7.87. The van der Waals surface area contributed by atoms with E-state index in [9.17, 15) is 19.5 Å². The summed E-state index contributed by atoms with van der Waals surface area (Å²) in [6, 6.07) is 16.2. The summed E-state index contributed by atoms with van der Waals surface area (Å²) in [5, 5.41) is 14.5. The molecule has 2 amide bonds. The Hall–Kier alpha value is -3.35. The Balaban J connectivity index is 1.47. The summed E-state index contributed by atoms with van der Waals surface area (Å²) in [6.45, 7) is 3.97. The van der Waals surface area contributed by atoms with Crippen LogP contribution in [0.2, 0.25) is 0 Å². The molecule has 7 nitrogen and oxygen atoms in total. The van der Waals surface area contributed by atoms with E-state index in [2.05, 4.69) is 34.9 Å². The molecule has 32 heavy (non-hydrogen) atoms. The van der Waals surface area contributed by atoms with Crippen LogP contribution in [0.3, 0.4) is 0 Å². The van der Waals surface area contributed by atoms with Crippen LogP contribution in [-0.2, 0) is 14.3 Å². The number of alkyl carbamates (subject to hydrolysis) is 1. The Morgan fingerprint density at radius 3 is 2.12 bits per heavy atom. The fourth-order valence-electron chi connectivity index (χ4n) is 4.04. The van der Waals surface area contributed by atoms with Gasteiger partial charge in [0.05, 0.1) is 11.8 Å². The van der Waals surface area contributed by atoms with Gasteiger partial charge in [-0.05, 0) is 28.7 Å². The van der Waals surface area contributed by atoms with E-state index >= 15 is 0 Å². The number of aliphatic carboxylic acids is 1. The summed E-state index contributed by atoms with van der Waals surface area (Å²) in [5.74, 6) is -2.36. The number of carbonyl (C=O) groups excluding carboxylic acids is 2. The molecule has 0 heterocycles. The Morgan fingerprint density at radius 2 is 1.56 bits per heavy atom. The van der Waals surface area contributed by atoms with E-state index < -0.39 is 23.9 Å². The molecule has 170 valence electrons. The van der Waals surface area contributed by atoms with Gasteiger partial charge < -0.3 is 20.5 Å². The van der Waals surface area contributed by atoms with Gasteiger partial charge >= 0.3 is 12.1 Å². The lowest BCUT2D eigenvalue weighted by Gasteiger charge is -2.17. The average Bonchev–Trinajstić information content (AvgIpc) is 3.12. The molecule has 0 saturated carbocycles. The summed E-state index contributed by atoms with van der Waals surface area (Å²) < 4.78 is 5.47. The zero-order valence-corrected chi connectivity index (χ0v) is 18.5. The van der Waals surface area contributed by atoms with E-state index in [1.807, 2.05) is 31.2 Å². The molecule has 2 aromatic rings. The first kappa shape index (κ1) is 23.3. The molecule has 0 bridgehead atoms. The van der Waals surface area contributed by atoms with E-state index in [-0.39, 0.29) is 31.5 Å². The summed E-state index contributed by atoms with van der Waals surface area (Å²) in [5.41, 5.74) is 4.58. The fraction of sp³-hybridized carbons (Fsp3) is 0.400. The van der Waals surface area contributed by atoms with Crippen molar-refractivity contribution >= 4 is 18.0 Å². The first-order valence-electron chi connectivity index (χ1n) is 11.0. The van der Waals surface area contributed by atoms with E-state index in [1.165, 1.54) is 0 Å². The van der Waals surface area contributed by atoms with Gasteiger partial charge in [-0.3, -0.25) is 9.59 Å². The molecular weight excluding hydrogens is 408 g/mol. The zero-order chi connectivity index (χ0) is 23.1. The molecule has 7 heteroatoms. The van der Waals surface area contributed by atoms with Gasteiger partial charge in [0, 0.05) is 19.0 Å². The highest BCUT2D eigenvalue weighted by molar-refractivity contribution is 5.81. The van der Waals surface area contributed by atoms with Gasteiger partial charge in [0.25, 0.3) is 0 Å². The quantitative estimate of drug-likeness (QED) is 0.524. The predicted octanol–water partition coefficient (Wildman–Crippen LogP) is 3.78. The summed E-state index contributed by atoms with van der Waals surface area (Å²) in [6.07, 6.45) is 0.647. The molecule has 2 unspecified atom stereocenters. The average molecular weight is 439 g/mol. The van der Waals surface area contributed by atoms with Crippen molar-refractivity contribution in [3.05, 3.63) is 59.7 Å². The molecule has 0 saturated heterocycles. The normalized spacial score (nSPS) is 14.1. The van der Waals surface area contributed by atoms with Crippen molar-refractivity contribution in [2.24, 2.45) is 11.8 Å². The fourth-order valence-corrected chi connectivity index (χ4v) is 4.04. The number of hydrogen-bond donors (Lipinski definition) is 3. The van der Waals surface area contributed by atoms with Crippen molar-refractivity contribution in [1.29, 1.82) is 0 Å². The van der Waals surface area contributed by atoms with Gasteiger partial charge in [-0.2, -0.15) is 0 Å². The third kappa shape index (κ3) is 5.46. The molecule has 1 aliphatic carbocycles. The second-order valence-electron chi connectivity index (χ2n) is 8.18. The molecule has 0 spiro atoms. The summed E-state index contributed by atoms with van der Waals surface area (Å²) in [7, 11) is 0. The van der Waals surface area contributed by atoms with Crippen molar-refractivity contribution in [3.8, 4) is 11.1 Å². The highest BCUT2D eigenvalue weighted by atomic mass is 16.5. The Labute approximate surface area is 188 Å². The lowest BCUT2D eigenvalue weighted by molar-refractivity contribution is -0.142. The number of fused-ring (bicyclic) bond motifs is 3. The van der Waals surface area contributed by atoms with Crippen molar-refractivity contribution in [2.75, 3.05) is 19.7 Å². The smallest absolute Gasteiger partial charge is 0.407 e. The van der Waals surface area contributed by atoms with Crippen molar-refractivity contribution in [3.63, 3.8) is 0 Å². The van der Waals surface area contributed by atoms with Crippen LogP contribution in [0.25, 0.3) is 11.1 Å². The van der Waals surface area contributed by atoms with Crippen LogP contribution in [0.1, 0.15) is 43.7 Å². The Bertz CT molecular complexity index is 929. The van der Waals surface area contributed by atoms with Crippen LogP contribution in [0.15, 0.2) is 48.5 Å².